The number of aromatic nitrogens is 3. The number of ether oxygens (including phenoxy) is 1. The number of methoxy groups -OCH3 is 1. The number of carbonyl (C=O) groups excluding carboxylic acids is 1. The molecule has 0 bridgehead atoms. The van der Waals surface area contributed by atoms with Crippen molar-refractivity contribution < 1.29 is 27.1 Å². The molecule has 1 fully saturated rings. The van der Waals surface area contributed by atoms with Crippen molar-refractivity contribution in [3.8, 4) is 17.2 Å². The zero-order valence-corrected chi connectivity index (χ0v) is 19.3. The monoisotopic (exact) mass is 490 g/mol. The van der Waals surface area contributed by atoms with Crippen molar-refractivity contribution >= 4 is 11.7 Å². The van der Waals surface area contributed by atoms with Crippen molar-refractivity contribution in [2.45, 2.75) is 19.6 Å². The van der Waals surface area contributed by atoms with Gasteiger partial charge in [0.15, 0.2) is 0 Å². The van der Waals surface area contributed by atoms with Gasteiger partial charge in [0.1, 0.15) is 5.75 Å². The van der Waals surface area contributed by atoms with E-state index in [4.69, 9.17) is 9.15 Å². The molecule has 2 amide bonds. The zero-order valence-electron chi connectivity index (χ0n) is 19.3. The number of nitrogens with zero attached hydrogens (tertiary/aromatic N) is 6. The lowest BCUT2D eigenvalue weighted by Crippen LogP contribution is -2.52. The molecule has 4 rings (SSSR count). The van der Waals surface area contributed by atoms with E-state index >= 15 is 0 Å². The Bertz CT molecular complexity index is 1140. The normalized spacial score (nSPS) is 14.7. The molecule has 3 aromatic rings. The third kappa shape index (κ3) is 5.70. The summed E-state index contributed by atoms with van der Waals surface area (Å²) in [5.41, 5.74) is 1.42. The van der Waals surface area contributed by atoms with Gasteiger partial charge in [0.05, 0.1) is 24.9 Å². The maximum atomic E-state index is 13.5. The van der Waals surface area contributed by atoms with Gasteiger partial charge in [-0.3, -0.25) is 9.88 Å². The van der Waals surface area contributed by atoms with E-state index in [2.05, 4.69) is 27.0 Å². The van der Waals surface area contributed by atoms with Gasteiger partial charge in [-0.2, -0.15) is 13.2 Å². The molecule has 2 aromatic heterocycles. The van der Waals surface area contributed by atoms with Gasteiger partial charge in [0, 0.05) is 44.1 Å². The van der Waals surface area contributed by atoms with Crippen molar-refractivity contribution in [3.63, 3.8) is 0 Å². The van der Waals surface area contributed by atoms with E-state index in [1.807, 2.05) is 6.07 Å². The topological polar surface area (TPSA) is 87.8 Å². The van der Waals surface area contributed by atoms with Gasteiger partial charge in [-0.25, -0.2) is 4.79 Å². The van der Waals surface area contributed by atoms with Crippen molar-refractivity contribution in [3.05, 3.63) is 54.2 Å². The number of piperazine rings is 1. The molecule has 1 saturated heterocycles. The lowest BCUT2D eigenvalue weighted by molar-refractivity contribution is -0.156. The van der Waals surface area contributed by atoms with Gasteiger partial charge < -0.3 is 19.0 Å². The van der Waals surface area contributed by atoms with Crippen LogP contribution in [0.4, 0.5) is 23.7 Å². The Morgan fingerprint density at radius 1 is 1.14 bits per heavy atom. The minimum absolute atomic E-state index is 0.151. The second kappa shape index (κ2) is 10.3. The summed E-state index contributed by atoms with van der Waals surface area (Å²) in [6.07, 6.45) is -3.38. The number of halogens is 3. The first-order chi connectivity index (χ1) is 16.8. The predicted octanol–water partition coefficient (Wildman–Crippen LogP) is 3.92. The molecule has 0 aliphatic carbocycles. The Kier molecular flexibility index (Phi) is 7.20. The molecule has 0 N–H and O–H groups in total. The number of carbonyl (C=O) groups is 1. The number of benzene rings is 1. The zero-order chi connectivity index (χ0) is 25.0. The van der Waals surface area contributed by atoms with Gasteiger partial charge in [-0.15, -0.1) is 10.2 Å². The lowest BCUT2D eigenvalue weighted by atomic mass is 10.2. The van der Waals surface area contributed by atoms with E-state index in [0.29, 0.717) is 30.2 Å². The molecule has 12 heteroatoms. The summed E-state index contributed by atoms with van der Waals surface area (Å²) in [4.78, 5) is 23.5. The largest absolute Gasteiger partial charge is 0.497 e. The Morgan fingerprint density at radius 2 is 1.91 bits per heavy atom. The number of hydrogen-bond donors (Lipinski definition) is 0. The Balaban J connectivity index is 1.56. The number of urea groups is 1. The molecule has 1 aliphatic heterocycles. The Morgan fingerprint density at radius 3 is 2.51 bits per heavy atom. The predicted molar refractivity (Wildman–Crippen MR) is 121 cm³/mol. The molecule has 35 heavy (non-hydrogen) atoms. The van der Waals surface area contributed by atoms with Crippen LogP contribution in [0.15, 0.2) is 47.0 Å². The number of pyridine rings is 1. The maximum Gasteiger partial charge on any atom is 0.470 e. The lowest BCUT2D eigenvalue weighted by Gasteiger charge is -2.37. The van der Waals surface area contributed by atoms with Crippen LogP contribution >= 0.6 is 0 Å². The highest BCUT2D eigenvalue weighted by Crippen LogP contribution is 2.30. The first-order valence-corrected chi connectivity index (χ1v) is 11.1. The number of likely N-dealkylation sites (N-methyl/N-ethyl adjacent to an activating group) is 1. The van der Waals surface area contributed by atoms with Gasteiger partial charge >= 0.3 is 18.1 Å². The fraction of sp³-hybridized carbons (Fsp3) is 0.391. The van der Waals surface area contributed by atoms with Crippen LogP contribution in [0.25, 0.3) is 11.5 Å². The minimum Gasteiger partial charge on any atom is -0.497 e. The molecule has 3 heterocycles. The summed E-state index contributed by atoms with van der Waals surface area (Å²) in [7, 11) is 1.55. The quantitative estimate of drug-likeness (QED) is 0.518. The van der Waals surface area contributed by atoms with Crippen LogP contribution < -0.4 is 9.64 Å². The number of rotatable bonds is 6. The summed E-state index contributed by atoms with van der Waals surface area (Å²) in [6.45, 7) is 5.99. The average Bonchev–Trinajstić information content (AvgIpc) is 3.38. The van der Waals surface area contributed by atoms with Gasteiger partial charge in [0.25, 0.3) is 0 Å². The maximum absolute atomic E-state index is 13.5. The van der Waals surface area contributed by atoms with Crippen molar-refractivity contribution in [1.82, 2.24) is 25.0 Å². The summed E-state index contributed by atoms with van der Waals surface area (Å²) in [6, 6.07) is 10.2. The van der Waals surface area contributed by atoms with Crippen LogP contribution in [0.1, 0.15) is 18.5 Å². The average molecular weight is 490 g/mol. The number of alkyl halides is 3. The number of hydrogen-bond acceptors (Lipinski definition) is 7. The molecule has 0 unspecified atom stereocenters. The van der Waals surface area contributed by atoms with Crippen LogP contribution in [0.5, 0.6) is 5.75 Å². The van der Waals surface area contributed by atoms with Crippen molar-refractivity contribution in [2.75, 3.05) is 44.7 Å². The summed E-state index contributed by atoms with van der Waals surface area (Å²) in [5, 5.41) is 6.48. The van der Waals surface area contributed by atoms with Crippen LogP contribution in [0, 0.1) is 0 Å². The highest BCUT2D eigenvalue weighted by atomic mass is 19.4. The Hall–Kier alpha value is -3.67. The summed E-state index contributed by atoms with van der Waals surface area (Å²) >= 11 is 0. The number of anilines is 1. The third-order valence-corrected chi connectivity index (χ3v) is 5.75. The fourth-order valence-electron chi connectivity index (χ4n) is 3.73. The number of amides is 2. The molecular formula is C23H25F3N6O3. The summed E-state index contributed by atoms with van der Waals surface area (Å²) < 4.78 is 48.3. The van der Waals surface area contributed by atoms with E-state index in [9.17, 15) is 18.0 Å². The molecule has 1 aliphatic rings. The van der Waals surface area contributed by atoms with Crippen molar-refractivity contribution in [2.24, 2.45) is 0 Å². The second-order valence-electron chi connectivity index (χ2n) is 7.94. The third-order valence-electron chi connectivity index (χ3n) is 5.75. The standard InChI is InChI=1S/C23H25F3N6O3/c1-3-30-9-11-31(12-10-30)22(33)32(18-5-4-6-19(13-18)34-2)15-17-8-7-16(14-27-17)20-28-29-21(35-20)23(24,25)26/h4-8,13-14H,3,9-12,15H2,1-2H3. The molecule has 1 aromatic carbocycles. The summed E-state index contributed by atoms with van der Waals surface area (Å²) in [5.74, 6) is -1.10. The first-order valence-electron chi connectivity index (χ1n) is 11.1. The smallest absolute Gasteiger partial charge is 0.470 e. The van der Waals surface area contributed by atoms with Gasteiger partial charge in [-0.1, -0.05) is 13.0 Å². The molecule has 0 atom stereocenters. The van der Waals surface area contributed by atoms with E-state index < -0.39 is 12.1 Å². The fourth-order valence-corrected chi connectivity index (χ4v) is 3.73. The van der Waals surface area contributed by atoms with E-state index in [0.717, 1.165) is 19.6 Å². The molecule has 0 spiro atoms. The first kappa shape index (κ1) is 24.5. The van der Waals surface area contributed by atoms with E-state index in [-0.39, 0.29) is 24.0 Å². The van der Waals surface area contributed by atoms with E-state index in [1.54, 1.807) is 41.2 Å². The Labute approximate surface area is 200 Å². The van der Waals surface area contributed by atoms with Crippen molar-refractivity contribution in [1.29, 1.82) is 0 Å². The van der Waals surface area contributed by atoms with Crippen LogP contribution in [0.2, 0.25) is 0 Å². The van der Waals surface area contributed by atoms with E-state index in [1.165, 1.54) is 12.3 Å². The van der Waals surface area contributed by atoms with Crippen LogP contribution in [0.3, 0.4) is 0 Å². The minimum atomic E-state index is -4.72. The molecular weight excluding hydrogens is 465 g/mol. The molecule has 186 valence electrons. The second-order valence-corrected chi connectivity index (χ2v) is 7.94. The molecule has 9 nitrogen and oxygen atoms in total. The SMILES string of the molecule is CCN1CCN(C(=O)N(Cc2ccc(-c3nnc(C(F)(F)F)o3)cn2)c2cccc(OC)c2)CC1. The van der Waals surface area contributed by atoms with Gasteiger partial charge in [0.2, 0.25) is 5.89 Å². The van der Waals surface area contributed by atoms with Crippen LogP contribution in [-0.2, 0) is 12.7 Å². The molecule has 0 radical (unpaired) electrons. The van der Waals surface area contributed by atoms with Crippen LogP contribution in [-0.4, -0.2) is 70.8 Å². The highest BCUT2D eigenvalue weighted by molar-refractivity contribution is 5.92. The molecule has 0 saturated carbocycles. The van der Waals surface area contributed by atoms with Gasteiger partial charge in [-0.05, 0) is 30.8 Å². The highest BCUT2D eigenvalue weighted by Gasteiger charge is 2.38.